The van der Waals surface area contributed by atoms with Gasteiger partial charge in [-0.15, -0.1) is 0 Å². The molecule has 3 aromatic rings. The highest BCUT2D eigenvalue weighted by atomic mass is 35.5. The van der Waals surface area contributed by atoms with Crippen molar-refractivity contribution in [1.29, 1.82) is 0 Å². The van der Waals surface area contributed by atoms with E-state index in [1.165, 1.54) is 35.2 Å². The number of carbonyl (C=O) groups excluding carboxylic acids is 1. The molecule has 1 unspecified atom stereocenters. The van der Waals surface area contributed by atoms with Crippen molar-refractivity contribution in [2.45, 2.75) is 39.8 Å². The Hall–Kier alpha value is -2.70. The molecule has 4 rings (SSSR count). The van der Waals surface area contributed by atoms with E-state index in [4.69, 9.17) is 11.6 Å². The summed E-state index contributed by atoms with van der Waals surface area (Å²) < 4.78 is 14.7. The number of benzene rings is 2. The highest BCUT2D eigenvalue weighted by Crippen LogP contribution is 2.24. The molecule has 2 heterocycles. The zero-order chi connectivity index (χ0) is 22.7. The first-order chi connectivity index (χ1) is 15.4. The number of amides is 1. The number of halogens is 2. The minimum atomic E-state index is -0.343. The number of hydrogen-bond acceptors (Lipinski definition) is 3. The van der Waals surface area contributed by atoms with Crippen molar-refractivity contribution in [3.8, 4) is 5.69 Å². The van der Waals surface area contributed by atoms with E-state index in [1.54, 1.807) is 19.1 Å². The SMILES string of the molecule is Cc1nn(-c2ccc(F)cc2)c(Cl)c1C(=O)NCc1ccccc1CN1CCCC(C)C1. The number of piperidine rings is 1. The summed E-state index contributed by atoms with van der Waals surface area (Å²) in [5, 5.41) is 7.60. The van der Waals surface area contributed by atoms with Crippen molar-refractivity contribution in [2.24, 2.45) is 5.92 Å². The smallest absolute Gasteiger partial charge is 0.256 e. The van der Waals surface area contributed by atoms with Crippen LogP contribution in [0.25, 0.3) is 5.69 Å². The van der Waals surface area contributed by atoms with Crippen molar-refractivity contribution in [3.05, 3.63) is 81.9 Å². The quantitative estimate of drug-likeness (QED) is 0.561. The van der Waals surface area contributed by atoms with Crippen LogP contribution in [0.15, 0.2) is 48.5 Å². The van der Waals surface area contributed by atoms with Crippen LogP contribution in [0.5, 0.6) is 0 Å². The summed E-state index contributed by atoms with van der Waals surface area (Å²) in [6, 6.07) is 14.0. The van der Waals surface area contributed by atoms with Gasteiger partial charge in [0.2, 0.25) is 0 Å². The summed E-state index contributed by atoms with van der Waals surface area (Å²) in [6.45, 7) is 7.57. The van der Waals surface area contributed by atoms with Crippen LogP contribution in [-0.4, -0.2) is 33.7 Å². The monoisotopic (exact) mass is 454 g/mol. The van der Waals surface area contributed by atoms with Crippen LogP contribution >= 0.6 is 11.6 Å². The number of aromatic nitrogens is 2. The fourth-order valence-corrected chi connectivity index (χ4v) is 4.69. The minimum Gasteiger partial charge on any atom is -0.348 e. The molecule has 5 nitrogen and oxygen atoms in total. The second-order valence-corrected chi connectivity index (χ2v) is 8.93. The number of hydrogen-bond donors (Lipinski definition) is 1. The molecule has 0 bridgehead atoms. The number of aryl methyl sites for hydroxylation is 1. The van der Waals surface area contributed by atoms with Gasteiger partial charge in [0.15, 0.2) is 0 Å². The highest BCUT2D eigenvalue weighted by Gasteiger charge is 2.22. The lowest BCUT2D eigenvalue weighted by molar-refractivity contribution is 0.0950. The molecule has 0 aliphatic carbocycles. The molecule has 32 heavy (non-hydrogen) atoms. The van der Waals surface area contributed by atoms with E-state index in [9.17, 15) is 9.18 Å². The van der Waals surface area contributed by atoms with Gasteiger partial charge in [0, 0.05) is 19.6 Å². The predicted octanol–water partition coefficient (Wildman–Crippen LogP) is 5.14. The van der Waals surface area contributed by atoms with Gasteiger partial charge in [0.1, 0.15) is 11.0 Å². The Morgan fingerprint density at radius 1 is 1.19 bits per heavy atom. The molecule has 2 aromatic carbocycles. The zero-order valence-electron chi connectivity index (χ0n) is 18.4. The second-order valence-electron chi connectivity index (χ2n) is 8.57. The molecule has 1 aliphatic rings. The van der Waals surface area contributed by atoms with Crippen molar-refractivity contribution >= 4 is 17.5 Å². The highest BCUT2D eigenvalue weighted by molar-refractivity contribution is 6.33. The van der Waals surface area contributed by atoms with Crippen LogP contribution in [0.1, 0.15) is 46.9 Å². The maximum atomic E-state index is 13.2. The third-order valence-corrected chi connectivity index (χ3v) is 6.34. The molecule has 1 aromatic heterocycles. The van der Waals surface area contributed by atoms with Gasteiger partial charge in [0.05, 0.1) is 16.9 Å². The number of nitrogens with one attached hydrogen (secondary N) is 1. The number of carbonyl (C=O) groups is 1. The van der Waals surface area contributed by atoms with Crippen LogP contribution in [0.4, 0.5) is 4.39 Å². The molecule has 7 heteroatoms. The van der Waals surface area contributed by atoms with E-state index in [2.05, 4.69) is 34.4 Å². The average Bonchev–Trinajstić information content (AvgIpc) is 3.07. The Bertz CT molecular complexity index is 1100. The van der Waals surface area contributed by atoms with Crippen molar-refractivity contribution in [2.75, 3.05) is 13.1 Å². The Labute approximate surface area is 193 Å². The van der Waals surface area contributed by atoms with Gasteiger partial charge >= 0.3 is 0 Å². The summed E-state index contributed by atoms with van der Waals surface area (Å²) in [5.41, 5.74) is 3.77. The summed E-state index contributed by atoms with van der Waals surface area (Å²) >= 11 is 6.49. The molecule has 1 atom stereocenters. The van der Waals surface area contributed by atoms with Crippen molar-refractivity contribution in [3.63, 3.8) is 0 Å². The van der Waals surface area contributed by atoms with Crippen molar-refractivity contribution in [1.82, 2.24) is 20.0 Å². The van der Waals surface area contributed by atoms with Crippen molar-refractivity contribution < 1.29 is 9.18 Å². The summed E-state index contributed by atoms with van der Waals surface area (Å²) in [6.07, 6.45) is 2.52. The molecule has 0 radical (unpaired) electrons. The van der Waals surface area contributed by atoms with Crippen LogP contribution in [0.2, 0.25) is 5.15 Å². The predicted molar refractivity (Wildman–Crippen MR) is 125 cm³/mol. The summed E-state index contributed by atoms with van der Waals surface area (Å²) in [7, 11) is 0. The largest absolute Gasteiger partial charge is 0.348 e. The molecule has 1 amide bonds. The fourth-order valence-electron chi connectivity index (χ4n) is 4.33. The van der Waals surface area contributed by atoms with E-state index < -0.39 is 0 Å². The Morgan fingerprint density at radius 2 is 1.91 bits per heavy atom. The topological polar surface area (TPSA) is 50.2 Å². The van der Waals surface area contributed by atoms with Crippen LogP contribution in [0.3, 0.4) is 0 Å². The van der Waals surface area contributed by atoms with E-state index in [0.29, 0.717) is 23.5 Å². The van der Waals surface area contributed by atoms with E-state index in [1.807, 2.05) is 12.1 Å². The van der Waals surface area contributed by atoms with Gasteiger partial charge in [-0.3, -0.25) is 9.69 Å². The molecule has 1 N–H and O–H groups in total. The molecule has 168 valence electrons. The summed E-state index contributed by atoms with van der Waals surface area (Å²) in [4.78, 5) is 15.5. The third-order valence-electron chi connectivity index (χ3n) is 6.00. The van der Waals surface area contributed by atoms with Crippen LogP contribution < -0.4 is 5.32 Å². The van der Waals surface area contributed by atoms with E-state index in [0.717, 1.165) is 31.1 Å². The van der Waals surface area contributed by atoms with Gasteiger partial charge in [-0.1, -0.05) is 42.8 Å². The molecule has 0 saturated carbocycles. The molecular formula is C25H28ClFN4O. The maximum Gasteiger partial charge on any atom is 0.256 e. The lowest BCUT2D eigenvalue weighted by atomic mass is 9.99. The zero-order valence-corrected chi connectivity index (χ0v) is 19.2. The van der Waals surface area contributed by atoms with E-state index in [-0.39, 0.29) is 16.9 Å². The standard InChI is InChI=1S/C25H28ClFN4O/c1-17-6-5-13-30(15-17)16-20-8-4-3-7-19(20)14-28-25(32)23-18(2)29-31(24(23)26)22-11-9-21(27)10-12-22/h3-4,7-12,17H,5-6,13-16H2,1-2H3,(H,28,32). The lowest BCUT2D eigenvalue weighted by Gasteiger charge is -2.31. The third kappa shape index (κ3) is 5.03. The molecule has 1 aliphatic heterocycles. The Morgan fingerprint density at radius 3 is 2.62 bits per heavy atom. The normalized spacial score (nSPS) is 16.8. The van der Waals surface area contributed by atoms with Gasteiger partial charge in [-0.05, 0) is 67.6 Å². The second kappa shape index (κ2) is 9.84. The lowest BCUT2D eigenvalue weighted by Crippen LogP contribution is -2.34. The number of likely N-dealkylation sites (tertiary alicyclic amines) is 1. The first kappa shape index (κ1) is 22.5. The van der Waals surface area contributed by atoms with E-state index >= 15 is 0 Å². The minimum absolute atomic E-state index is 0.210. The first-order valence-corrected chi connectivity index (χ1v) is 11.4. The maximum absolute atomic E-state index is 13.2. The number of rotatable bonds is 6. The summed E-state index contributed by atoms with van der Waals surface area (Å²) in [5.74, 6) is 0.102. The molecule has 0 spiro atoms. The molecule has 1 fully saturated rings. The Balaban J connectivity index is 1.47. The average molecular weight is 455 g/mol. The van der Waals surface area contributed by atoms with Gasteiger partial charge in [-0.25, -0.2) is 9.07 Å². The van der Waals surface area contributed by atoms with Gasteiger partial charge in [0.25, 0.3) is 5.91 Å². The van der Waals surface area contributed by atoms with Gasteiger partial charge in [-0.2, -0.15) is 5.10 Å². The van der Waals surface area contributed by atoms with Crippen LogP contribution in [-0.2, 0) is 13.1 Å². The van der Waals surface area contributed by atoms with Gasteiger partial charge < -0.3 is 5.32 Å². The Kier molecular flexibility index (Phi) is 6.92. The molecular weight excluding hydrogens is 427 g/mol. The van der Waals surface area contributed by atoms with Crippen LogP contribution in [0, 0.1) is 18.7 Å². The fraction of sp³-hybridized carbons (Fsp3) is 0.360. The number of nitrogens with zero attached hydrogens (tertiary/aromatic N) is 3. The molecule has 1 saturated heterocycles. The first-order valence-electron chi connectivity index (χ1n) is 11.0.